The average Bonchev–Trinajstić information content (AvgIpc) is 3.61. The summed E-state index contributed by atoms with van der Waals surface area (Å²) in [5.41, 5.74) is 2.07. The van der Waals surface area contributed by atoms with E-state index in [1.165, 1.54) is 11.3 Å². The highest BCUT2D eigenvalue weighted by molar-refractivity contribution is 7.07. The molecule has 0 bridgehead atoms. The molecule has 44 heavy (non-hydrogen) atoms. The quantitative estimate of drug-likeness (QED) is 0.243. The van der Waals surface area contributed by atoms with Crippen molar-refractivity contribution in [3.05, 3.63) is 109 Å². The Morgan fingerprint density at radius 3 is 2.48 bits per heavy atom. The predicted octanol–water partition coefficient (Wildman–Crippen LogP) is 5.55. The number of hydrogen-bond acceptors (Lipinski definition) is 8. The lowest BCUT2D eigenvalue weighted by Crippen LogP contribution is -2.40. The Bertz CT molecular complexity index is 1840. The number of rotatable bonds is 8. The highest BCUT2D eigenvalue weighted by atomic mass is 32.1. The smallest absolute Gasteiger partial charge is 0.338 e. The van der Waals surface area contributed by atoms with Gasteiger partial charge < -0.3 is 18.8 Å². The molecule has 2 aromatic heterocycles. The summed E-state index contributed by atoms with van der Waals surface area (Å²) in [7, 11) is 0. The van der Waals surface area contributed by atoms with E-state index < -0.39 is 12.0 Å². The Hall–Kier alpha value is -4.37. The fourth-order valence-electron chi connectivity index (χ4n) is 5.70. The predicted molar refractivity (Wildman–Crippen MR) is 173 cm³/mol. The van der Waals surface area contributed by atoms with Crippen LogP contribution in [0.15, 0.2) is 86.5 Å². The minimum atomic E-state index is -0.752. The third kappa shape index (κ3) is 6.01. The van der Waals surface area contributed by atoms with Crippen molar-refractivity contribution in [1.29, 1.82) is 0 Å². The molecule has 9 heteroatoms. The zero-order valence-electron chi connectivity index (χ0n) is 25.5. The van der Waals surface area contributed by atoms with Crippen LogP contribution in [0.1, 0.15) is 63.5 Å². The largest absolute Gasteiger partial charge is 0.491 e. The average molecular weight is 612 g/mol. The topological polar surface area (TPSA) is 86.3 Å². The molecule has 0 radical (unpaired) electrons. The molecule has 0 amide bonds. The molecule has 1 saturated heterocycles. The number of fused-ring (bicyclic) bond motifs is 1. The zero-order chi connectivity index (χ0) is 30.8. The summed E-state index contributed by atoms with van der Waals surface area (Å²) in [4.78, 5) is 35.5. The van der Waals surface area contributed by atoms with Gasteiger partial charge in [-0.25, -0.2) is 9.79 Å². The second-order valence-corrected chi connectivity index (χ2v) is 12.5. The summed E-state index contributed by atoms with van der Waals surface area (Å²) < 4.78 is 19.7. The minimum absolute atomic E-state index is 0.0128. The van der Waals surface area contributed by atoms with Gasteiger partial charge >= 0.3 is 5.97 Å². The Kier molecular flexibility index (Phi) is 8.57. The summed E-state index contributed by atoms with van der Waals surface area (Å²) in [6.07, 6.45) is 4.04. The number of nitrogens with zero attached hydrogens (tertiary/aromatic N) is 3. The van der Waals surface area contributed by atoms with Gasteiger partial charge in [0.1, 0.15) is 11.5 Å². The Balaban J connectivity index is 1.50. The van der Waals surface area contributed by atoms with E-state index in [4.69, 9.17) is 18.9 Å². The molecule has 2 aliphatic heterocycles. The first-order chi connectivity index (χ1) is 21.3. The lowest BCUT2D eigenvalue weighted by molar-refractivity contribution is -0.138. The van der Waals surface area contributed by atoms with Gasteiger partial charge in [-0.1, -0.05) is 60.7 Å². The summed E-state index contributed by atoms with van der Waals surface area (Å²) in [6, 6.07) is 20.2. The van der Waals surface area contributed by atoms with Gasteiger partial charge in [0.15, 0.2) is 10.7 Å². The van der Waals surface area contributed by atoms with Gasteiger partial charge in [0.25, 0.3) is 5.56 Å². The lowest BCUT2D eigenvalue weighted by atomic mass is 9.93. The molecule has 0 spiro atoms. The SMILES string of the molecule is CCOC(=O)C1=C(c2ccccc2)N=c2s/c(=C\c3ccc(N4CCC(C)CC4)o3)c(=O)n2[C@@H]1c1ccc(OC(C)C)cc1. The normalized spacial score (nSPS) is 17.5. The molecule has 2 aliphatic rings. The fraction of sp³-hybridized carbons (Fsp3) is 0.343. The molecule has 0 aliphatic carbocycles. The first-order valence-corrected chi connectivity index (χ1v) is 16.0. The van der Waals surface area contributed by atoms with E-state index in [0.29, 0.717) is 38.0 Å². The van der Waals surface area contributed by atoms with Crippen LogP contribution in [0.5, 0.6) is 5.75 Å². The molecule has 4 heterocycles. The van der Waals surface area contributed by atoms with Crippen molar-refractivity contribution < 1.29 is 18.7 Å². The van der Waals surface area contributed by atoms with E-state index >= 15 is 0 Å². The molecular weight excluding hydrogens is 574 g/mol. The van der Waals surface area contributed by atoms with Crippen LogP contribution >= 0.6 is 11.3 Å². The first-order valence-electron chi connectivity index (χ1n) is 15.2. The van der Waals surface area contributed by atoms with Crippen LogP contribution in [0.3, 0.4) is 0 Å². The number of anilines is 1. The second-order valence-electron chi connectivity index (χ2n) is 11.5. The van der Waals surface area contributed by atoms with Gasteiger partial charge in [-0.3, -0.25) is 9.36 Å². The lowest BCUT2D eigenvalue weighted by Gasteiger charge is -2.29. The Morgan fingerprint density at radius 2 is 1.80 bits per heavy atom. The van der Waals surface area contributed by atoms with Gasteiger partial charge in [0, 0.05) is 30.8 Å². The molecule has 1 fully saturated rings. The molecule has 0 saturated carbocycles. The molecule has 8 nitrogen and oxygen atoms in total. The molecule has 1 atom stereocenters. The van der Waals surface area contributed by atoms with Gasteiger partial charge in [-0.2, -0.15) is 0 Å². The van der Waals surface area contributed by atoms with E-state index in [1.54, 1.807) is 17.6 Å². The highest BCUT2D eigenvalue weighted by Gasteiger charge is 2.35. The van der Waals surface area contributed by atoms with E-state index in [1.807, 2.05) is 80.6 Å². The third-order valence-corrected chi connectivity index (χ3v) is 8.91. The highest BCUT2D eigenvalue weighted by Crippen LogP contribution is 2.36. The van der Waals surface area contributed by atoms with Gasteiger partial charge in [0.05, 0.1) is 34.6 Å². The van der Waals surface area contributed by atoms with Crippen LogP contribution in [0.25, 0.3) is 11.8 Å². The van der Waals surface area contributed by atoms with Crippen molar-refractivity contribution >= 4 is 35.0 Å². The molecule has 6 rings (SSSR count). The van der Waals surface area contributed by atoms with Crippen LogP contribution < -0.4 is 24.5 Å². The number of piperidine rings is 1. The van der Waals surface area contributed by atoms with Crippen LogP contribution in [-0.2, 0) is 9.53 Å². The van der Waals surface area contributed by atoms with E-state index in [2.05, 4.69) is 11.8 Å². The number of carbonyl (C=O) groups is 1. The summed E-state index contributed by atoms with van der Waals surface area (Å²) >= 11 is 1.28. The van der Waals surface area contributed by atoms with Gasteiger partial charge in [0.2, 0.25) is 0 Å². The molecule has 4 aromatic rings. The summed E-state index contributed by atoms with van der Waals surface area (Å²) in [5.74, 6) is 2.33. The molecule has 2 aromatic carbocycles. The fourth-order valence-corrected chi connectivity index (χ4v) is 6.69. The van der Waals surface area contributed by atoms with Crippen molar-refractivity contribution in [2.45, 2.75) is 52.7 Å². The maximum atomic E-state index is 14.2. The minimum Gasteiger partial charge on any atom is -0.491 e. The number of hydrogen-bond donors (Lipinski definition) is 0. The Labute approximate surface area is 260 Å². The number of ether oxygens (including phenoxy) is 2. The van der Waals surface area contributed by atoms with Gasteiger partial charge in [-0.15, -0.1) is 0 Å². The number of aromatic nitrogens is 1. The number of thiazole rings is 1. The zero-order valence-corrected chi connectivity index (χ0v) is 26.3. The van der Waals surface area contributed by atoms with Crippen molar-refractivity contribution in [2.75, 3.05) is 24.6 Å². The number of furan rings is 1. The summed E-state index contributed by atoms with van der Waals surface area (Å²) in [5, 5.41) is 0. The van der Waals surface area contributed by atoms with E-state index in [-0.39, 0.29) is 18.3 Å². The van der Waals surface area contributed by atoms with Crippen molar-refractivity contribution in [2.24, 2.45) is 10.9 Å². The van der Waals surface area contributed by atoms with Crippen molar-refractivity contribution in [1.82, 2.24) is 4.57 Å². The second kappa shape index (κ2) is 12.7. The maximum Gasteiger partial charge on any atom is 0.338 e. The van der Waals surface area contributed by atoms with Crippen molar-refractivity contribution in [3.63, 3.8) is 0 Å². The van der Waals surface area contributed by atoms with Crippen LogP contribution in [-0.4, -0.2) is 36.3 Å². The molecular formula is C35H37N3O5S. The molecule has 0 unspecified atom stereocenters. The number of benzene rings is 2. The van der Waals surface area contributed by atoms with Gasteiger partial charge in [-0.05, 0) is 63.3 Å². The summed E-state index contributed by atoms with van der Waals surface area (Å²) in [6.45, 7) is 10.1. The monoisotopic (exact) mass is 611 g/mol. The first kappa shape index (κ1) is 29.7. The molecule has 228 valence electrons. The Morgan fingerprint density at radius 1 is 1.07 bits per heavy atom. The standard InChI is InChI=1S/C35H37N3O5S/c1-5-41-34(40)30-31(24-9-7-6-8-10-24)36-35-38(32(30)25-11-13-26(14-12-25)42-22(2)3)33(39)28(44-35)21-27-15-16-29(43-27)37-19-17-23(4)18-20-37/h6-16,21-23,32H,5,17-20H2,1-4H3/b28-21-/t32-/m1/s1. The van der Waals surface area contributed by atoms with E-state index in [9.17, 15) is 9.59 Å². The van der Waals surface area contributed by atoms with Crippen LogP contribution in [0.4, 0.5) is 5.88 Å². The van der Waals surface area contributed by atoms with Crippen LogP contribution in [0.2, 0.25) is 0 Å². The van der Waals surface area contributed by atoms with E-state index in [0.717, 1.165) is 42.9 Å². The third-order valence-electron chi connectivity index (χ3n) is 7.92. The number of esters is 1. The molecule has 0 N–H and O–H groups in total. The number of carbonyl (C=O) groups excluding carboxylic acids is 1. The maximum absolute atomic E-state index is 14.2. The van der Waals surface area contributed by atoms with Crippen LogP contribution in [0, 0.1) is 5.92 Å². The van der Waals surface area contributed by atoms with Crippen molar-refractivity contribution in [3.8, 4) is 5.75 Å².